The first-order valence-corrected chi connectivity index (χ1v) is 7.28. The van der Waals surface area contributed by atoms with Crippen molar-refractivity contribution in [3.8, 4) is 5.69 Å². The molecule has 1 N–H and O–H groups in total. The zero-order valence-electron chi connectivity index (χ0n) is 11.2. The van der Waals surface area contributed by atoms with Crippen LogP contribution in [-0.4, -0.2) is 30.0 Å². The quantitative estimate of drug-likeness (QED) is 0.627. The third-order valence-electron chi connectivity index (χ3n) is 2.87. The van der Waals surface area contributed by atoms with Crippen molar-refractivity contribution < 1.29 is 4.74 Å². The number of rotatable bonds is 6. The Hall–Kier alpha value is -0.920. The third kappa shape index (κ3) is 4.02. The summed E-state index contributed by atoms with van der Waals surface area (Å²) < 4.78 is 8.06. The minimum absolute atomic E-state index is 0.739. The Morgan fingerprint density at radius 1 is 1.42 bits per heavy atom. The molecule has 5 heteroatoms. The van der Waals surface area contributed by atoms with Crippen LogP contribution in [0, 0.1) is 10.5 Å². The molecule has 0 atom stereocenters. The van der Waals surface area contributed by atoms with E-state index in [2.05, 4.69) is 58.1 Å². The molecule has 102 valence electrons. The first-order valence-electron chi connectivity index (χ1n) is 6.20. The van der Waals surface area contributed by atoms with E-state index in [1.54, 1.807) is 7.11 Å². The Labute approximate surface area is 127 Å². The van der Waals surface area contributed by atoms with Gasteiger partial charge in [-0.05, 0) is 46.7 Å². The molecule has 0 saturated carbocycles. The van der Waals surface area contributed by atoms with Crippen molar-refractivity contribution in [2.45, 2.75) is 13.5 Å². The number of nitrogens with zero attached hydrogens (tertiary/aromatic N) is 2. The Morgan fingerprint density at radius 3 is 2.89 bits per heavy atom. The minimum atomic E-state index is 0.739. The largest absolute Gasteiger partial charge is 0.383 e. The Balaban J connectivity index is 2.05. The van der Waals surface area contributed by atoms with Crippen LogP contribution in [0.1, 0.15) is 11.1 Å². The summed E-state index contributed by atoms with van der Waals surface area (Å²) in [6.07, 6.45) is 3.89. The second-order valence-corrected chi connectivity index (χ2v) is 5.64. The molecule has 0 radical (unpaired) electrons. The predicted molar refractivity (Wildman–Crippen MR) is 84.6 cm³/mol. The topological polar surface area (TPSA) is 39.1 Å². The van der Waals surface area contributed by atoms with Gasteiger partial charge in [0, 0.05) is 26.4 Å². The van der Waals surface area contributed by atoms with Gasteiger partial charge in [0.2, 0.25) is 0 Å². The lowest BCUT2D eigenvalue weighted by Gasteiger charge is -2.09. The van der Waals surface area contributed by atoms with E-state index in [9.17, 15) is 0 Å². The van der Waals surface area contributed by atoms with E-state index >= 15 is 0 Å². The maximum Gasteiger partial charge on any atom is 0.0675 e. The van der Waals surface area contributed by atoms with Gasteiger partial charge in [-0.15, -0.1) is 0 Å². The maximum absolute atomic E-state index is 5.01. The molecular weight excluding hydrogens is 353 g/mol. The van der Waals surface area contributed by atoms with Crippen LogP contribution < -0.4 is 5.32 Å². The summed E-state index contributed by atoms with van der Waals surface area (Å²) >= 11 is 2.27. The first-order chi connectivity index (χ1) is 9.20. The van der Waals surface area contributed by atoms with Gasteiger partial charge >= 0.3 is 0 Å². The normalized spacial score (nSPS) is 10.9. The molecule has 0 amide bonds. The summed E-state index contributed by atoms with van der Waals surface area (Å²) in [7, 11) is 1.71. The summed E-state index contributed by atoms with van der Waals surface area (Å²) in [5.74, 6) is 0. The van der Waals surface area contributed by atoms with Gasteiger partial charge in [-0.1, -0.05) is 12.1 Å². The standard InChI is InChI=1S/C14H18IN3O/c1-11-7-12(8-16-5-6-19-2)3-4-14(11)18-10-13(15)9-17-18/h3-4,7,9-10,16H,5-6,8H2,1-2H3. The van der Waals surface area contributed by atoms with Crippen LogP contribution in [0.15, 0.2) is 30.6 Å². The lowest BCUT2D eigenvalue weighted by molar-refractivity contribution is 0.199. The number of halogens is 1. The highest BCUT2D eigenvalue weighted by Gasteiger charge is 2.04. The van der Waals surface area contributed by atoms with Crippen molar-refractivity contribution >= 4 is 22.6 Å². The SMILES string of the molecule is COCCNCc1ccc(-n2cc(I)cn2)c(C)c1. The lowest BCUT2D eigenvalue weighted by Crippen LogP contribution is -2.18. The van der Waals surface area contributed by atoms with Gasteiger partial charge in [0.05, 0.1) is 22.1 Å². The molecule has 2 rings (SSSR count). The number of methoxy groups -OCH3 is 1. The van der Waals surface area contributed by atoms with Crippen LogP contribution in [0.25, 0.3) is 5.69 Å². The van der Waals surface area contributed by atoms with Crippen LogP contribution >= 0.6 is 22.6 Å². The van der Waals surface area contributed by atoms with Crippen LogP contribution in [0.2, 0.25) is 0 Å². The van der Waals surface area contributed by atoms with E-state index in [1.807, 2.05) is 17.1 Å². The summed E-state index contributed by atoms with van der Waals surface area (Å²) in [4.78, 5) is 0. The number of ether oxygens (including phenoxy) is 1. The molecule has 4 nitrogen and oxygen atoms in total. The van der Waals surface area contributed by atoms with Gasteiger partial charge in [0.25, 0.3) is 0 Å². The molecule has 0 aliphatic rings. The Kier molecular flexibility index (Phi) is 5.35. The third-order valence-corrected chi connectivity index (χ3v) is 3.43. The molecule has 2 aromatic rings. The number of aryl methyl sites for hydroxylation is 1. The average Bonchev–Trinajstić information content (AvgIpc) is 2.81. The molecule has 1 aromatic carbocycles. The van der Waals surface area contributed by atoms with Crippen LogP contribution in [0.4, 0.5) is 0 Å². The zero-order valence-corrected chi connectivity index (χ0v) is 13.3. The van der Waals surface area contributed by atoms with Gasteiger partial charge in [-0.3, -0.25) is 0 Å². The molecule has 1 aromatic heterocycles. The summed E-state index contributed by atoms with van der Waals surface area (Å²) in [5.41, 5.74) is 3.63. The highest BCUT2D eigenvalue weighted by atomic mass is 127. The lowest BCUT2D eigenvalue weighted by atomic mass is 10.1. The fraction of sp³-hybridized carbons (Fsp3) is 0.357. The van der Waals surface area contributed by atoms with E-state index in [4.69, 9.17) is 4.74 Å². The molecule has 0 fully saturated rings. The average molecular weight is 371 g/mol. The molecule has 19 heavy (non-hydrogen) atoms. The number of benzene rings is 1. The van der Waals surface area contributed by atoms with Crippen molar-refractivity contribution in [1.29, 1.82) is 0 Å². The molecule has 0 aliphatic carbocycles. The van der Waals surface area contributed by atoms with Gasteiger partial charge in [0.15, 0.2) is 0 Å². The number of aromatic nitrogens is 2. The highest BCUT2D eigenvalue weighted by molar-refractivity contribution is 14.1. The second kappa shape index (κ2) is 7.02. The molecule has 1 heterocycles. The summed E-state index contributed by atoms with van der Waals surface area (Å²) in [5, 5.41) is 7.68. The van der Waals surface area contributed by atoms with Crippen molar-refractivity contribution in [2.75, 3.05) is 20.3 Å². The Morgan fingerprint density at radius 2 is 2.26 bits per heavy atom. The summed E-state index contributed by atoms with van der Waals surface area (Å²) in [6, 6.07) is 6.45. The van der Waals surface area contributed by atoms with Crippen molar-refractivity contribution in [1.82, 2.24) is 15.1 Å². The van der Waals surface area contributed by atoms with E-state index in [1.165, 1.54) is 11.1 Å². The van der Waals surface area contributed by atoms with Gasteiger partial charge in [-0.2, -0.15) is 5.10 Å². The van der Waals surface area contributed by atoms with Crippen molar-refractivity contribution in [2.24, 2.45) is 0 Å². The number of nitrogens with one attached hydrogen (secondary N) is 1. The maximum atomic E-state index is 5.01. The fourth-order valence-corrected chi connectivity index (χ4v) is 2.31. The van der Waals surface area contributed by atoms with Gasteiger partial charge in [0.1, 0.15) is 0 Å². The van der Waals surface area contributed by atoms with Gasteiger partial charge < -0.3 is 10.1 Å². The van der Waals surface area contributed by atoms with Crippen LogP contribution in [0.5, 0.6) is 0 Å². The highest BCUT2D eigenvalue weighted by Crippen LogP contribution is 2.16. The summed E-state index contributed by atoms with van der Waals surface area (Å²) in [6.45, 7) is 4.58. The molecular formula is C14H18IN3O. The van der Waals surface area contributed by atoms with Crippen LogP contribution in [0.3, 0.4) is 0 Å². The number of hydrogen-bond donors (Lipinski definition) is 1. The Bertz CT molecular complexity index is 539. The first kappa shape index (κ1) is 14.5. The fourth-order valence-electron chi connectivity index (χ4n) is 1.92. The van der Waals surface area contributed by atoms with Crippen molar-refractivity contribution in [3.63, 3.8) is 0 Å². The molecule has 0 saturated heterocycles. The predicted octanol–water partition coefficient (Wildman–Crippen LogP) is 2.52. The number of hydrogen-bond acceptors (Lipinski definition) is 3. The molecule has 0 spiro atoms. The van der Waals surface area contributed by atoms with E-state index in [0.717, 1.165) is 29.0 Å². The monoisotopic (exact) mass is 371 g/mol. The zero-order chi connectivity index (χ0) is 13.7. The van der Waals surface area contributed by atoms with Crippen LogP contribution in [-0.2, 0) is 11.3 Å². The smallest absolute Gasteiger partial charge is 0.0675 e. The van der Waals surface area contributed by atoms with Gasteiger partial charge in [-0.25, -0.2) is 4.68 Å². The van der Waals surface area contributed by atoms with E-state index in [-0.39, 0.29) is 0 Å². The second-order valence-electron chi connectivity index (χ2n) is 4.39. The minimum Gasteiger partial charge on any atom is -0.383 e. The van der Waals surface area contributed by atoms with E-state index < -0.39 is 0 Å². The molecule has 0 aliphatic heterocycles. The molecule has 0 bridgehead atoms. The van der Waals surface area contributed by atoms with E-state index in [0.29, 0.717) is 0 Å². The van der Waals surface area contributed by atoms with Crippen molar-refractivity contribution in [3.05, 3.63) is 45.3 Å². The molecule has 0 unspecified atom stereocenters.